The van der Waals surface area contributed by atoms with Crippen molar-refractivity contribution in [2.75, 3.05) is 45.5 Å². The van der Waals surface area contributed by atoms with Gasteiger partial charge in [0, 0.05) is 44.1 Å². The van der Waals surface area contributed by atoms with Gasteiger partial charge < -0.3 is 38.7 Å². The molecule has 7 unspecified atom stereocenters. The van der Waals surface area contributed by atoms with Crippen molar-refractivity contribution < 1.29 is 47.9 Å². The number of unbranched alkanes of at least 4 members (excludes halogenated alkanes) is 2. The summed E-state index contributed by atoms with van der Waals surface area (Å²) in [5, 5.41) is 24.6. The number of aliphatic hydroxyl groups excluding tert-OH is 2. The van der Waals surface area contributed by atoms with Gasteiger partial charge in [0.2, 0.25) is 12.1 Å². The molecular formula is C45H58ClFN2O9. The fourth-order valence-electron chi connectivity index (χ4n) is 9.11. The number of carbonyl (C=O) groups excluding carboxylic acids is 1. The van der Waals surface area contributed by atoms with Gasteiger partial charge in [0.25, 0.3) is 0 Å². The van der Waals surface area contributed by atoms with Gasteiger partial charge >= 0.3 is 6.09 Å². The van der Waals surface area contributed by atoms with Gasteiger partial charge in [-0.05, 0) is 91.8 Å². The summed E-state index contributed by atoms with van der Waals surface area (Å²) in [5.41, 5.74) is 3.13. The van der Waals surface area contributed by atoms with Crippen molar-refractivity contribution in [3.8, 4) is 11.5 Å². The quantitative estimate of drug-likeness (QED) is 0.0552. The molecule has 0 aromatic heterocycles. The maximum atomic E-state index is 14.4. The molecule has 1 saturated heterocycles. The number of hydrogen-bond donors (Lipinski definition) is 2. The minimum absolute atomic E-state index is 0.0272. The average molecular weight is 825 g/mol. The molecule has 0 bridgehead atoms. The first-order valence-corrected chi connectivity index (χ1v) is 21.2. The lowest BCUT2D eigenvalue weighted by atomic mass is 9.55. The lowest BCUT2D eigenvalue weighted by Gasteiger charge is -2.59. The van der Waals surface area contributed by atoms with Crippen molar-refractivity contribution in [1.82, 2.24) is 4.90 Å². The molecule has 2 aromatic carbocycles. The molecule has 1 saturated carbocycles. The summed E-state index contributed by atoms with van der Waals surface area (Å²) in [5.74, 6) is -1.27. The predicted molar refractivity (Wildman–Crippen MR) is 219 cm³/mol. The number of ether oxygens (including phenoxy) is 5. The number of oxime groups is 1. The normalized spacial score (nSPS) is 26.7. The van der Waals surface area contributed by atoms with E-state index in [1.807, 2.05) is 18.2 Å². The van der Waals surface area contributed by atoms with E-state index in [1.54, 1.807) is 29.2 Å². The van der Waals surface area contributed by atoms with E-state index in [0.29, 0.717) is 55.3 Å². The number of nitrogens with zero attached hydrogens (tertiary/aromatic N) is 2. The van der Waals surface area contributed by atoms with Crippen LogP contribution in [-0.2, 0) is 25.6 Å². The predicted octanol–water partition coefficient (Wildman–Crippen LogP) is 8.43. The van der Waals surface area contributed by atoms with Crippen molar-refractivity contribution in [1.29, 1.82) is 0 Å². The van der Waals surface area contributed by atoms with E-state index in [4.69, 9.17) is 45.3 Å². The second-order valence-corrected chi connectivity index (χ2v) is 15.7. The van der Waals surface area contributed by atoms with Crippen LogP contribution in [0.4, 0.5) is 9.18 Å². The largest absolute Gasteiger partial charge is 0.490 e. The van der Waals surface area contributed by atoms with Crippen molar-refractivity contribution in [2.24, 2.45) is 22.9 Å². The number of benzene rings is 2. The number of rotatable bonds is 21. The fourth-order valence-corrected chi connectivity index (χ4v) is 9.18. The van der Waals surface area contributed by atoms with Crippen LogP contribution in [0.5, 0.6) is 11.5 Å². The summed E-state index contributed by atoms with van der Waals surface area (Å²) in [6, 6.07) is 10.9. The summed E-state index contributed by atoms with van der Waals surface area (Å²) in [6.07, 6.45) is 11.7. The summed E-state index contributed by atoms with van der Waals surface area (Å²) in [4.78, 5) is 22.2. The Bertz CT molecular complexity index is 1730. The number of amides is 1. The van der Waals surface area contributed by atoms with Gasteiger partial charge in [0.15, 0.2) is 0 Å². The molecule has 7 atom stereocenters. The molecule has 4 aliphatic rings. The van der Waals surface area contributed by atoms with Crippen LogP contribution < -0.4 is 9.47 Å². The molecular weight excluding hydrogens is 767 g/mol. The second kappa shape index (κ2) is 21.4. The Labute approximate surface area is 346 Å². The van der Waals surface area contributed by atoms with Crippen LogP contribution in [0.3, 0.4) is 0 Å². The van der Waals surface area contributed by atoms with Gasteiger partial charge in [0.1, 0.15) is 36.6 Å². The number of carbonyl (C=O) groups is 1. The summed E-state index contributed by atoms with van der Waals surface area (Å²) in [6.45, 7) is 8.99. The zero-order valence-electron chi connectivity index (χ0n) is 33.3. The zero-order valence-corrected chi connectivity index (χ0v) is 34.0. The van der Waals surface area contributed by atoms with Crippen LogP contribution in [0, 0.1) is 23.6 Å². The molecule has 2 aliphatic heterocycles. The first-order valence-electron chi connectivity index (χ1n) is 20.7. The van der Waals surface area contributed by atoms with Crippen LogP contribution in [-0.4, -0.2) is 90.6 Å². The Hall–Kier alpha value is -3.94. The Morgan fingerprint density at radius 2 is 1.81 bits per heavy atom. The van der Waals surface area contributed by atoms with E-state index in [9.17, 15) is 19.4 Å². The Kier molecular flexibility index (Phi) is 16.1. The van der Waals surface area contributed by atoms with Gasteiger partial charge in [-0.3, -0.25) is 4.90 Å². The third kappa shape index (κ3) is 10.1. The fraction of sp³-hybridized carbons (Fsp3) is 0.556. The Morgan fingerprint density at radius 3 is 2.52 bits per heavy atom. The van der Waals surface area contributed by atoms with Crippen LogP contribution in [0.15, 0.2) is 84.6 Å². The smallest absolute Gasteiger partial charge is 0.410 e. The van der Waals surface area contributed by atoms with Crippen LogP contribution in [0.2, 0.25) is 0 Å². The highest BCUT2D eigenvalue weighted by Crippen LogP contribution is 2.62. The molecule has 2 N–H and O–H groups in total. The lowest BCUT2D eigenvalue weighted by molar-refractivity contribution is -0.256. The van der Waals surface area contributed by atoms with E-state index < -0.39 is 35.9 Å². The van der Waals surface area contributed by atoms with Crippen LogP contribution >= 0.6 is 11.6 Å². The minimum Gasteiger partial charge on any atom is -0.490 e. The number of hydrogen-bond acceptors (Lipinski definition) is 10. The molecule has 2 aliphatic carbocycles. The molecule has 1 amide bonds. The molecule has 0 spiro atoms. The monoisotopic (exact) mass is 824 g/mol. The van der Waals surface area contributed by atoms with Crippen molar-refractivity contribution in [2.45, 2.75) is 94.8 Å². The van der Waals surface area contributed by atoms with Gasteiger partial charge in [-0.25, -0.2) is 9.18 Å². The molecule has 2 fully saturated rings. The van der Waals surface area contributed by atoms with Gasteiger partial charge in [-0.2, -0.15) is 0 Å². The third-order valence-corrected chi connectivity index (χ3v) is 11.8. The van der Waals surface area contributed by atoms with Crippen molar-refractivity contribution in [3.05, 3.63) is 96.4 Å². The van der Waals surface area contributed by atoms with Crippen molar-refractivity contribution in [3.63, 3.8) is 0 Å². The number of halogens is 2. The van der Waals surface area contributed by atoms with Gasteiger partial charge in [0.05, 0.1) is 30.7 Å². The number of alkyl halides is 1. The number of aliphatic hydroxyl groups is 2. The maximum Gasteiger partial charge on any atom is 0.410 e. The van der Waals surface area contributed by atoms with Crippen LogP contribution in [0.1, 0.15) is 81.3 Å². The van der Waals surface area contributed by atoms with Crippen LogP contribution in [0.25, 0.3) is 0 Å². The van der Waals surface area contributed by atoms with E-state index in [1.165, 1.54) is 12.1 Å². The van der Waals surface area contributed by atoms with E-state index in [-0.39, 0.29) is 63.0 Å². The second-order valence-electron chi connectivity index (χ2n) is 15.3. The summed E-state index contributed by atoms with van der Waals surface area (Å²) in [7, 11) is 0. The summed E-state index contributed by atoms with van der Waals surface area (Å²) < 4.78 is 46.3. The van der Waals surface area contributed by atoms with E-state index in [2.05, 4.69) is 19.2 Å². The first-order chi connectivity index (χ1) is 28.4. The van der Waals surface area contributed by atoms with E-state index >= 15 is 0 Å². The lowest BCUT2D eigenvalue weighted by Crippen LogP contribution is -2.70. The Morgan fingerprint density at radius 1 is 1.03 bits per heavy atom. The highest BCUT2D eigenvalue weighted by molar-refractivity contribution is 6.18. The van der Waals surface area contributed by atoms with E-state index in [0.717, 1.165) is 49.7 Å². The SMILES string of the molecule is C=CCOc1ccc2c(c1)C1C(CCCCO)C(CCCCO)C=C3C(=NOC4CCCCO4)CC(N(Cc4ccc(F)cc4)C(=O)OCCCl)C(OCC=C)(O2)C31. The molecule has 13 heteroatoms. The standard InChI is InChI=1S/C45H58ClFN2O9/c1-3-23-53-34-18-19-39-37(28-34)42-35(12-6-9-22-51)32(11-5-8-21-50)27-36-38(48-58-41-13-7-10-25-54-41)29-40(45(57-39,43(36)42)56-24-4-2)49(44(52)55-26-20-46)30-31-14-16-33(47)17-15-31/h3-4,14-19,27-28,32,35,40-43,50-51H,1-2,5-13,20-26,29-30H2. The molecule has 316 valence electrons. The molecule has 0 radical (unpaired) electrons. The average Bonchev–Trinajstić information content (AvgIpc) is 3.24. The zero-order chi connectivity index (χ0) is 40.9. The molecule has 58 heavy (non-hydrogen) atoms. The molecule has 6 rings (SSSR count). The Balaban J connectivity index is 1.60. The highest BCUT2D eigenvalue weighted by Gasteiger charge is 2.65. The maximum absolute atomic E-state index is 14.4. The molecule has 2 aromatic rings. The van der Waals surface area contributed by atoms with Gasteiger partial charge in [-0.15, -0.1) is 18.2 Å². The molecule has 2 heterocycles. The topological polar surface area (TPSA) is 129 Å². The van der Waals surface area contributed by atoms with Gasteiger partial charge in [-0.1, -0.05) is 54.9 Å². The summed E-state index contributed by atoms with van der Waals surface area (Å²) >= 11 is 6.05. The van der Waals surface area contributed by atoms with Crippen molar-refractivity contribution >= 4 is 23.4 Å². The third-order valence-electron chi connectivity index (χ3n) is 11.6. The highest BCUT2D eigenvalue weighted by atomic mass is 35.5. The number of allylic oxidation sites excluding steroid dienone is 1. The minimum atomic E-state index is -1.51. The first kappa shape index (κ1) is 43.6. The number of fused-ring (bicyclic) bond motifs is 2. The molecule has 11 nitrogen and oxygen atoms in total.